The molecule has 0 bridgehead atoms. The summed E-state index contributed by atoms with van der Waals surface area (Å²) in [5.41, 5.74) is -2.44. The van der Waals surface area contributed by atoms with Crippen molar-refractivity contribution < 1.29 is 24.5 Å². The molecule has 2 aliphatic heterocycles. The number of ether oxygens (including phenoxy) is 1. The van der Waals surface area contributed by atoms with E-state index in [0.717, 1.165) is 12.8 Å². The van der Waals surface area contributed by atoms with Crippen LogP contribution in [0.25, 0.3) is 0 Å². The number of hydrogen-bond acceptors (Lipinski definition) is 5. The van der Waals surface area contributed by atoms with Crippen molar-refractivity contribution in [2.75, 3.05) is 0 Å². The molecule has 7 unspecified atom stereocenters. The molecular weight excluding hydrogens is 286 g/mol. The van der Waals surface area contributed by atoms with Crippen molar-refractivity contribution in [3.05, 3.63) is 0 Å². The summed E-state index contributed by atoms with van der Waals surface area (Å²) in [7, 11) is 0. The predicted octanol–water partition coefficient (Wildman–Crippen LogP) is 0.355. The summed E-state index contributed by atoms with van der Waals surface area (Å²) in [5.74, 6) is -1.65. The van der Waals surface area contributed by atoms with Gasteiger partial charge < -0.3 is 20.3 Å². The van der Waals surface area contributed by atoms with Crippen molar-refractivity contribution in [2.24, 2.45) is 17.8 Å². The van der Waals surface area contributed by atoms with E-state index in [1.54, 1.807) is 6.92 Å². The van der Waals surface area contributed by atoms with Gasteiger partial charge in [-0.2, -0.15) is 0 Å². The lowest BCUT2D eigenvalue weighted by atomic mass is 9.62. The van der Waals surface area contributed by atoms with Crippen LogP contribution in [0.5, 0.6) is 0 Å². The van der Waals surface area contributed by atoms with Gasteiger partial charge in [0.15, 0.2) is 5.60 Å². The van der Waals surface area contributed by atoms with Crippen LogP contribution in [0.1, 0.15) is 46.5 Å². The molecule has 2 saturated heterocycles. The van der Waals surface area contributed by atoms with E-state index in [4.69, 9.17) is 4.74 Å². The van der Waals surface area contributed by atoms with Crippen LogP contribution in [0, 0.1) is 17.8 Å². The molecule has 0 aromatic heterocycles. The lowest BCUT2D eigenvalue weighted by Gasteiger charge is -2.55. The number of carbonyl (C=O) groups is 2. The van der Waals surface area contributed by atoms with Gasteiger partial charge in [0.1, 0.15) is 0 Å². The van der Waals surface area contributed by atoms with Crippen LogP contribution in [0.2, 0.25) is 0 Å². The van der Waals surface area contributed by atoms with Crippen molar-refractivity contribution in [2.45, 2.75) is 69.8 Å². The van der Waals surface area contributed by atoms with Crippen molar-refractivity contribution in [3.63, 3.8) is 0 Å². The van der Waals surface area contributed by atoms with E-state index in [0.29, 0.717) is 12.8 Å². The van der Waals surface area contributed by atoms with Crippen molar-refractivity contribution in [1.29, 1.82) is 0 Å². The molecule has 1 amide bonds. The number of aliphatic hydroxyl groups excluding tert-OH is 2. The van der Waals surface area contributed by atoms with Crippen molar-refractivity contribution >= 4 is 11.9 Å². The van der Waals surface area contributed by atoms with Crippen molar-refractivity contribution in [1.82, 2.24) is 5.32 Å². The summed E-state index contributed by atoms with van der Waals surface area (Å²) in [6.07, 6.45) is 1.18. The van der Waals surface area contributed by atoms with Gasteiger partial charge in [0.2, 0.25) is 11.4 Å². The van der Waals surface area contributed by atoms with Gasteiger partial charge in [0, 0.05) is 5.92 Å². The number of amides is 1. The number of rotatable bonds is 3. The maximum Gasteiger partial charge on any atom is 0.339 e. The molecule has 0 aromatic rings. The average Bonchev–Trinajstić information content (AvgIpc) is 2.64. The summed E-state index contributed by atoms with van der Waals surface area (Å²) < 4.78 is 5.34. The molecule has 1 aliphatic carbocycles. The Balaban J connectivity index is 1.95. The number of nitrogens with one attached hydrogen (secondary N) is 1. The molecule has 6 heteroatoms. The topological polar surface area (TPSA) is 95.9 Å². The first-order valence-corrected chi connectivity index (χ1v) is 8.21. The molecule has 3 aliphatic rings. The number of hydrogen-bond donors (Lipinski definition) is 3. The Morgan fingerprint density at radius 3 is 2.68 bits per heavy atom. The SMILES string of the molecule is CCC1C(=O)NC2(C(O)C3CCCC(C)C3O)C(=O)OC12C. The molecule has 3 rings (SSSR count). The van der Waals surface area contributed by atoms with E-state index in [-0.39, 0.29) is 11.8 Å². The number of carbonyl (C=O) groups excluding carboxylic acids is 2. The monoisotopic (exact) mass is 311 g/mol. The lowest BCUT2D eigenvalue weighted by Crippen LogP contribution is -2.80. The Labute approximate surface area is 130 Å². The van der Waals surface area contributed by atoms with E-state index < -0.39 is 41.2 Å². The first kappa shape index (κ1) is 15.7. The van der Waals surface area contributed by atoms with Crippen LogP contribution in [0.15, 0.2) is 0 Å². The smallest absolute Gasteiger partial charge is 0.339 e. The molecule has 7 atom stereocenters. The summed E-state index contributed by atoms with van der Waals surface area (Å²) in [4.78, 5) is 24.5. The highest BCUT2D eigenvalue weighted by Gasteiger charge is 2.79. The maximum atomic E-state index is 12.2. The van der Waals surface area contributed by atoms with Gasteiger partial charge in [-0.05, 0) is 32.1 Å². The highest BCUT2D eigenvalue weighted by Crippen LogP contribution is 2.53. The molecule has 6 nitrogen and oxygen atoms in total. The second kappa shape index (κ2) is 4.93. The third-order valence-corrected chi connectivity index (χ3v) is 6.19. The second-order valence-corrected chi connectivity index (χ2v) is 7.26. The summed E-state index contributed by atoms with van der Waals surface area (Å²) in [5, 5.41) is 24.1. The van der Waals surface area contributed by atoms with Gasteiger partial charge in [-0.15, -0.1) is 0 Å². The Morgan fingerprint density at radius 1 is 1.41 bits per heavy atom. The van der Waals surface area contributed by atoms with Crippen LogP contribution >= 0.6 is 0 Å². The fourth-order valence-electron chi connectivity index (χ4n) is 4.73. The fourth-order valence-corrected chi connectivity index (χ4v) is 4.73. The first-order chi connectivity index (χ1) is 10.3. The summed E-state index contributed by atoms with van der Waals surface area (Å²) >= 11 is 0. The minimum atomic E-state index is -1.41. The molecule has 1 saturated carbocycles. The molecule has 22 heavy (non-hydrogen) atoms. The molecule has 3 fully saturated rings. The number of fused-ring (bicyclic) bond motifs is 1. The van der Waals surface area contributed by atoms with E-state index in [9.17, 15) is 19.8 Å². The van der Waals surface area contributed by atoms with E-state index in [1.165, 1.54) is 0 Å². The Hall–Kier alpha value is -1.14. The molecule has 0 spiro atoms. The zero-order chi connectivity index (χ0) is 16.3. The Morgan fingerprint density at radius 2 is 2.09 bits per heavy atom. The van der Waals surface area contributed by atoms with Gasteiger partial charge in [0.25, 0.3) is 0 Å². The average molecular weight is 311 g/mol. The largest absolute Gasteiger partial charge is 0.453 e. The van der Waals surface area contributed by atoms with Crippen LogP contribution in [0.4, 0.5) is 0 Å². The zero-order valence-corrected chi connectivity index (χ0v) is 13.3. The standard InChI is InChI=1S/C16H25NO5/c1-4-10-13(20)17-16(14(21)22-15(10,16)3)12(19)9-7-5-6-8(2)11(9)18/h8-12,18-19H,4-7H2,1-3H3,(H,17,20). The summed E-state index contributed by atoms with van der Waals surface area (Å²) in [6.45, 7) is 5.52. The maximum absolute atomic E-state index is 12.2. The molecule has 0 radical (unpaired) electrons. The van der Waals surface area contributed by atoms with Crippen LogP contribution in [0.3, 0.4) is 0 Å². The zero-order valence-electron chi connectivity index (χ0n) is 13.3. The fraction of sp³-hybridized carbons (Fsp3) is 0.875. The Kier molecular flexibility index (Phi) is 3.53. The predicted molar refractivity (Wildman–Crippen MR) is 77.7 cm³/mol. The second-order valence-electron chi connectivity index (χ2n) is 7.26. The third-order valence-electron chi connectivity index (χ3n) is 6.19. The van der Waals surface area contributed by atoms with Gasteiger partial charge in [0.05, 0.1) is 18.1 Å². The molecule has 0 aromatic carbocycles. The van der Waals surface area contributed by atoms with Crippen LogP contribution in [-0.4, -0.2) is 45.4 Å². The Bertz CT molecular complexity index is 509. The van der Waals surface area contributed by atoms with Crippen LogP contribution < -0.4 is 5.32 Å². The number of aliphatic hydroxyl groups is 2. The normalized spacial score (nSPS) is 49.0. The summed E-state index contributed by atoms with van der Waals surface area (Å²) in [6, 6.07) is 0. The quantitative estimate of drug-likeness (QED) is 0.654. The molecule has 3 N–H and O–H groups in total. The highest BCUT2D eigenvalue weighted by atomic mass is 16.6. The third kappa shape index (κ3) is 1.68. The van der Waals surface area contributed by atoms with Gasteiger partial charge in [-0.1, -0.05) is 20.3 Å². The first-order valence-electron chi connectivity index (χ1n) is 8.21. The van der Waals surface area contributed by atoms with Gasteiger partial charge in [-0.3, -0.25) is 4.79 Å². The molecule has 124 valence electrons. The van der Waals surface area contributed by atoms with E-state index in [2.05, 4.69) is 5.32 Å². The van der Waals surface area contributed by atoms with E-state index in [1.807, 2.05) is 13.8 Å². The highest BCUT2D eigenvalue weighted by molar-refractivity contribution is 6.01. The molecular formula is C16H25NO5. The van der Waals surface area contributed by atoms with Crippen molar-refractivity contribution in [3.8, 4) is 0 Å². The lowest BCUT2D eigenvalue weighted by molar-refractivity contribution is -0.243. The van der Waals surface area contributed by atoms with Gasteiger partial charge in [-0.25, -0.2) is 4.79 Å². The minimum absolute atomic E-state index is 0.0752. The van der Waals surface area contributed by atoms with Gasteiger partial charge >= 0.3 is 5.97 Å². The minimum Gasteiger partial charge on any atom is -0.453 e. The number of esters is 1. The van der Waals surface area contributed by atoms with Crippen LogP contribution in [-0.2, 0) is 14.3 Å². The molecule has 2 heterocycles. The van der Waals surface area contributed by atoms with E-state index >= 15 is 0 Å².